The molecule has 1 aliphatic rings. The lowest BCUT2D eigenvalue weighted by Crippen LogP contribution is -2.48. The Morgan fingerprint density at radius 2 is 2.00 bits per heavy atom. The van der Waals surface area contributed by atoms with Crippen molar-refractivity contribution in [3.8, 4) is 5.75 Å². The predicted octanol–water partition coefficient (Wildman–Crippen LogP) is 2.33. The van der Waals surface area contributed by atoms with Crippen molar-refractivity contribution in [2.45, 2.75) is 30.7 Å². The van der Waals surface area contributed by atoms with Gasteiger partial charge in [-0.1, -0.05) is 18.5 Å². The Kier molecular flexibility index (Phi) is 8.62. The summed E-state index contributed by atoms with van der Waals surface area (Å²) in [5, 5.41) is 9.14. The van der Waals surface area contributed by atoms with Crippen LogP contribution in [-0.2, 0) is 14.8 Å². The van der Waals surface area contributed by atoms with Crippen molar-refractivity contribution in [1.82, 2.24) is 9.21 Å². The van der Waals surface area contributed by atoms with Gasteiger partial charge in [0.1, 0.15) is 10.6 Å². The molecule has 0 amide bonds. The minimum Gasteiger partial charge on any atom is -0.497 e. The molecule has 1 fully saturated rings. The third-order valence-corrected chi connectivity index (χ3v) is 6.82. The summed E-state index contributed by atoms with van der Waals surface area (Å²) in [6.45, 7) is 3.15. The van der Waals surface area contributed by atoms with Crippen LogP contribution in [0.4, 0.5) is 0 Å². The first-order valence-corrected chi connectivity index (χ1v) is 9.91. The number of benzene rings is 1. The van der Waals surface area contributed by atoms with Crippen molar-refractivity contribution < 1.29 is 23.1 Å². The van der Waals surface area contributed by atoms with E-state index in [1.807, 2.05) is 11.8 Å². The SMILES string of the molecule is CCN(CC(=O)O)C1CCN(S(=O)(=O)c2cc(OC)ccc2Cl)CC1.Cl. The molecule has 0 aromatic heterocycles. The molecule has 1 aromatic rings. The number of methoxy groups -OCH3 is 1. The van der Waals surface area contributed by atoms with Crippen LogP contribution in [0, 0.1) is 0 Å². The van der Waals surface area contributed by atoms with Crippen molar-refractivity contribution >= 4 is 40.0 Å². The molecule has 0 saturated carbocycles. The number of piperidine rings is 1. The summed E-state index contributed by atoms with van der Waals surface area (Å²) in [4.78, 5) is 12.8. The topological polar surface area (TPSA) is 87.2 Å². The highest BCUT2D eigenvalue weighted by Gasteiger charge is 2.33. The van der Waals surface area contributed by atoms with Crippen molar-refractivity contribution in [1.29, 1.82) is 0 Å². The van der Waals surface area contributed by atoms with E-state index < -0.39 is 16.0 Å². The Morgan fingerprint density at radius 3 is 2.50 bits per heavy atom. The number of hydrogen-bond donors (Lipinski definition) is 1. The summed E-state index contributed by atoms with van der Waals surface area (Å²) in [5.41, 5.74) is 0. The zero-order chi connectivity index (χ0) is 18.6. The number of halogens is 2. The number of aliphatic carboxylic acids is 1. The van der Waals surface area contributed by atoms with Gasteiger partial charge in [-0.05, 0) is 31.5 Å². The van der Waals surface area contributed by atoms with Crippen LogP contribution in [0.15, 0.2) is 23.1 Å². The molecule has 2 rings (SSSR count). The molecule has 0 radical (unpaired) electrons. The number of hydrogen-bond acceptors (Lipinski definition) is 5. The molecule has 0 spiro atoms. The minimum absolute atomic E-state index is 0. The predicted molar refractivity (Wildman–Crippen MR) is 102 cm³/mol. The van der Waals surface area contributed by atoms with Crippen molar-refractivity contribution in [2.75, 3.05) is 33.3 Å². The fourth-order valence-electron chi connectivity index (χ4n) is 3.07. The molecule has 0 aliphatic carbocycles. The van der Waals surface area contributed by atoms with Crippen LogP contribution in [0.25, 0.3) is 0 Å². The second-order valence-electron chi connectivity index (χ2n) is 5.89. The first-order chi connectivity index (χ1) is 11.8. The van der Waals surface area contributed by atoms with E-state index in [4.69, 9.17) is 21.4 Å². The Bertz CT molecular complexity index is 721. The first kappa shape index (κ1) is 23.0. The molecule has 148 valence electrons. The highest BCUT2D eigenvalue weighted by Crippen LogP contribution is 2.30. The molecule has 0 atom stereocenters. The Balaban J connectivity index is 0.00000338. The van der Waals surface area contributed by atoms with Gasteiger partial charge in [0.05, 0.1) is 18.7 Å². The average Bonchev–Trinajstić information content (AvgIpc) is 2.60. The Hall–Kier alpha value is -1.06. The summed E-state index contributed by atoms with van der Waals surface area (Å²) < 4.78 is 32.2. The first-order valence-electron chi connectivity index (χ1n) is 8.09. The van der Waals surface area contributed by atoms with Crippen LogP contribution in [0.1, 0.15) is 19.8 Å². The van der Waals surface area contributed by atoms with E-state index >= 15 is 0 Å². The van der Waals surface area contributed by atoms with Crippen LogP contribution in [0.5, 0.6) is 5.75 Å². The normalized spacial score (nSPS) is 16.3. The fraction of sp³-hybridized carbons (Fsp3) is 0.562. The van der Waals surface area contributed by atoms with Gasteiger partial charge >= 0.3 is 5.97 Å². The zero-order valence-corrected chi connectivity index (χ0v) is 17.1. The molecule has 1 aliphatic heterocycles. The zero-order valence-electron chi connectivity index (χ0n) is 14.7. The number of sulfonamides is 1. The number of rotatable bonds is 7. The van der Waals surface area contributed by atoms with E-state index in [2.05, 4.69) is 0 Å². The van der Waals surface area contributed by atoms with Gasteiger partial charge in [0.15, 0.2) is 0 Å². The average molecular weight is 427 g/mol. The number of carbonyl (C=O) groups is 1. The number of carboxylic acids is 1. The van der Waals surface area contributed by atoms with E-state index in [-0.39, 0.29) is 34.9 Å². The number of carboxylic acid groups (broad SMARTS) is 1. The van der Waals surface area contributed by atoms with Crippen molar-refractivity contribution in [2.24, 2.45) is 0 Å². The lowest BCUT2D eigenvalue weighted by Gasteiger charge is -2.36. The molecular formula is C16H24Cl2N2O5S. The third kappa shape index (κ3) is 5.23. The molecule has 1 saturated heterocycles. The molecule has 0 unspecified atom stereocenters. The highest BCUT2D eigenvalue weighted by molar-refractivity contribution is 7.89. The second-order valence-corrected chi connectivity index (χ2v) is 8.20. The minimum atomic E-state index is -3.72. The lowest BCUT2D eigenvalue weighted by molar-refractivity contribution is -0.139. The van der Waals surface area contributed by atoms with Gasteiger partial charge in [-0.25, -0.2) is 8.42 Å². The number of nitrogens with zero attached hydrogens (tertiary/aromatic N) is 2. The Morgan fingerprint density at radius 1 is 1.38 bits per heavy atom. The monoisotopic (exact) mass is 426 g/mol. The third-order valence-electron chi connectivity index (χ3n) is 4.44. The largest absolute Gasteiger partial charge is 0.497 e. The van der Waals surface area contributed by atoms with E-state index in [1.54, 1.807) is 6.07 Å². The van der Waals surface area contributed by atoms with Crippen LogP contribution < -0.4 is 4.74 Å². The highest BCUT2D eigenvalue weighted by atomic mass is 35.5. The molecule has 0 bridgehead atoms. The van der Waals surface area contributed by atoms with Crippen LogP contribution in [-0.4, -0.2) is 68.0 Å². The van der Waals surface area contributed by atoms with Gasteiger partial charge in [0.2, 0.25) is 10.0 Å². The summed E-state index contributed by atoms with van der Waals surface area (Å²) in [6.07, 6.45) is 1.17. The second kappa shape index (κ2) is 9.75. The quantitative estimate of drug-likeness (QED) is 0.719. The van der Waals surface area contributed by atoms with E-state index in [1.165, 1.54) is 23.5 Å². The molecule has 26 heavy (non-hydrogen) atoms. The maximum Gasteiger partial charge on any atom is 0.317 e. The van der Waals surface area contributed by atoms with Crippen LogP contribution in [0.2, 0.25) is 5.02 Å². The smallest absolute Gasteiger partial charge is 0.317 e. The molecule has 1 heterocycles. The van der Waals surface area contributed by atoms with E-state index in [0.717, 1.165) is 0 Å². The van der Waals surface area contributed by atoms with Gasteiger partial charge in [-0.2, -0.15) is 4.31 Å². The van der Waals surface area contributed by atoms with Gasteiger partial charge in [-0.15, -0.1) is 12.4 Å². The number of likely N-dealkylation sites (N-methyl/N-ethyl adjacent to an activating group) is 1. The molecule has 7 nitrogen and oxygen atoms in total. The van der Waals surface area contributed by atoms with Crippen molar-refractivity contribution in [3.63, 3.8) is 0 Å². The fourth-order valence-corrected chi connectivity index (χ4v) is 5.03. The maximum absolute atomic E-state index is 12.9. The van der Waals surface area contributed by atoms with Gasteiger partial charge in [-0.3, -0.25) is 9.69 Å². The maximum atomic E-state index is 12.9. The molecule has 1 aromatic carbocycles. The van der Waals surface area contributed by atoms with Gasteiger partial charge < -0.3 is 9.84 Å². The summed E-state index contributed by atoms with van der Waals surface area (Å²) in [6, 6.07) is 4.60. The van der Waals surface area contributed by atoms with Crippen LogP contribution >= 0.6 is 24.0 Å². The van der Waals surface area contributed by atoms with Crippen LogP contribution in [0.3, 0.4) is 0 Å². The summed E-state index contributed by atoms with van der Waals surface area (Å²) in [5.74, 6) is -0.448. The summed E-state index contributed by atoms with van der Waals surface area (Å²) in [7, 11) is -2.25. The molecule has 1 N–H and O–H groups in total. The lowest BCUT2D eigenvalue weighted by atomic mass is 10.0. The number of ether oxygens (including phenoxy) is 1. The molecule has 10 heteroatoms. The Labute approximate surface area is 165 Å². The van der Waals surface area contributed by atoms with Gasteiger partial charge in [0.25, 0.3) is 0 Å². The van der Waals surface area contributed by atoms with Crippen molar-refractivity contribution in [3.05, 3.63) is 23.2 Å². The van der Waals surface area contributed by atoms with E-state index in [9.17, 15) is 13.2 Å². The van der Waals surface area contributed by atoms with Gasteiger partial charge in [0, 0.05) is 25.2 Å². The standard InChI is InChI=1S/C16H23ClN2O5S.ClH/c1-3-18(11-16(20)21)12-6-8-19(9-7-12)25(22,23)15-10-13(24-2)4-5-14(15)17;/h4-5,10,12H,3,6-9,11H2,1-2H3,(H,20,21);1H. The summed E-state index contributed by atoms with van der Waals surface area (Å²) >= 11 is 6.08. The molecular weight excluding hydrogens is 403 g/mol. The van der Waals surface area contributed by atoms with E-state index in [0.29, 0.717) is 38.2 Å².